The number of benzene rings is 1. The molecule has 1 aliphatic rings. The van der Waals surface area contributed by atoms with Crippen LogP contribution in [0.2, 0.25) is 0 Å². The number of nitrogens with one attached hydrogen (secondary N) is 2. The van der Waals surface area contributed by atoms with E-state index in [1.54, 1.807) is 6.20 Å². The molecular weight excluding hydrogens is 380 g/mol. The quantitative estimate of drug-likeness (QED) is 0.646. The Bertz CT molecular complexity index is 989. The van der Waals surface area contributed by atoms with Crippen molar-refractivity contribution in [1.29, 1.82) is 0 Å². The highest BCUT2D eigenvalue weighted by molar-refractivity contribution is 5.89. The van der Waals surface area contributed by atoms with E-state index in [0.29, 0.717) is 17.6 Å². The summed E-state index contributed by atoms with van der Waals surface area (Å²) in [6.07, 6.45) is 5.23. The SMILES string of the molecule is CC(=O)Nc1cccc(Nc2ncnc(N3CCN(Cc4cccnc4)CC3)n2)c1. The number of anilines is 4. The van der Waals surface area contributed by atoms with Crippen LogP contribution >= 0.6 is 0 Å². The Morgan fingerprint density at radius 3 is 2.67 bits per heavy atom. The summed E-state index contributed by atoms with van der Waals surface area (Å²) in [5.41, 5.74) is 2.73. The van der Waals surface area contributed by atoms with Gasteiger partial charge in [-0.25, -0.2) is 9.97 Å². The van der Waals surface area contributed by atoms with Crippen LogP contribution in [-0.4, -0.2) is 56.9 Å². The van der Waals surface area contributed by atoms with Gasteiger partial charge in [0, 0.05) is 63.4 Å². The first kappa shape index (κ1) is 19.7. The molecule has 0 radical (unpaired) electrons. The maximum atomic E-state index is 11.3. The van der Waals surface area contributed by atoms with Gasteiger partial charge in [-0.2, -0.15) is 4.98 Å². The van der Waals surface area contributed by atoms with Gasteiger partial charge in [0.2, 0.25) is 17.8 Å². The number of carbonyl (C=O) groups excluding carboxylic acids is 1. The minimum Gasteiger partial charge on any atom is -0.338 e. The first-order valence-corrected chi connectivity index (χ1v) is 9.86. The van der Waals surface area contributed by atoms with Crippen molar-refractivity contribution in [2.24, 2.45) is 0 Å². The van der Waals surface area contributed by atoms with Crippen LogP contribution in [0, 0.1) is 0 Å². The molecule has 30 heavy (non-hydrogen) atoms. The van der Waals surface area contributed by atoms with Crippen molar-refractivity contribution in [1.82, 2.24) is 24.8 Å². The van der Waals surface area contributed by atoms with E-state index < -0.39 is 0 Å². The molecule has 0 atom stereocenters. The maximum Gasteiger partial charge on any atom is 0.231 e. The number of carbonyl (C=O) groups is 1. The molecule has 0 spiro atoms. The number of piperazine rings is 1. The molecule has 0 unspecified atom stereocenters. The van der Waals surface area contributed by atoms with Gasteiger partial charge >= 0.3 is 0 Å². The second-order valence-electron chi connectivity index (χ2n) is 7.12. The number of aromatic nitrogens is 4. The zero-order valence-corrected chi connectivity index (χ0v) is 16.8. The van der Waals surface area contributed by atoms with Gasteiger partial charge in [0.25, 0.3) is 0 Å². The van der Waals surface area contributed by atoms with Gasteiger partial charge in [-0.1, -0.05) is 12.1 Å². The van der Waals surface area contributed by atoms with Crippen LogP contribution in [0.3, 0.4) is 0 Å². The molecule has 1 aromatic carbocycles. The van der Waals surface area contributed by atoms with Gasteiger partial charge < -0.3 is 15.5 Å². The Hall–Kier alpha value is -3.59. The van der Waals surface area contributed by atoms with Crippen molar-refractivity contribution >= 4 is 29.2 Å². The summed E-state index contributed by atoms with van der Waals surface area (Å²) in [5, 5.41) is 5.95. The lowest BCUT2D eigenvalue weighted by molar-refractivity contribution is -0.114. The van der Waals surface area contributed by atoms with Gasteiger partial charge in [0.15, 0.2) is 0 Å². The standard InChI is InChI=1S/C21H24N8O/c1-16(30)25-18-5-2-6-19(12-18)26-20-23-15-24-21(27-20)29-10-8-28(9-11-29)14-17-4-3-7-22-13-17/h2-7,12-13,15H,8-11,14H2,1H3,(H,25,30)(H,23,24,26,27). The predicted octanol–water partition coefficient (Wildman–Crippen LogP) is 2.29. The van der Waals surface area contributed by atoms with Gasteiger partial charge in [-0.3, -0.25) is 14.7 Å². The molecule has 4 rings (SSSR count). The summed E-state index contributed by atoms with van der Waals surface area (Å²) < 4.78 is 0. The number of pyridine rings is 1. The third-order valence-corrected chi connectivity index (χ3v) is 4.78. The van der Waals surface area contributed by atoms with Crippen molar-refractivity contribution in [3.63, 3.8) is 0 Å². The maximum absolute atomic E-state index is 11.3. The summed E-state index contributed by atoms with van der Waals surface area (Å²) >= 11 is 0. The second-order valence-corrected chi connectivity index (χ2v) is 7.12. The van der Waals surface area contributed by atoms with Crippen molar-refractivity contribution in [3.8, 4) is 0 Å². The molecule has 1 amide bonds. The van der Waals surface area contributed by atoms with Crippen molar-refractivity contribution in [2.45, 2.75) is 13.5 Å². The normalized spacial score (nSPS) is 14.4. The van der Waals surface area contributed by atoms with E-state index in [1.165, 1.54) is 18.8 Å². The Balaban J connectivity index is 1.36. The zero-order chi connectivity index (χ0) is 20.8. The number of hydrogen-bond acceptors (Lipinski definition) is 8. The minimum absolute atomic E-state index is 0.114. The van der Waals surface area contributed by atoms with E-state index in [2.05, 4.69) is 46.4 Å². The molecule has 0 bridgehead atoms. The van der Waals surface area contributed by atoms with E-state index in [0.717, 1.165) is 38.4 Å². The van der Waals surface area contributed by atoms with E-state index in [9.17, 15) is 4.79 Å². The van der Waals surface area contributed by atoms with Gasteiger partial charge in [-0.15, -0.1) is 0 Å². The largest absolute Gasteiger partial charge is 0.338 e. The third-order valence-electron chi connectivity index (χ3n) is 4.78. The molecule has 9 heteroatoms. The van der Waals surface area contributed by atoms with Crippen molar-refractivity contribution in [2.75, 3.05) is 41.7 Å². The highest BCUT2D eigenvalue weighted by Gasteiger charge is 2.19. The fourth-order valence-corrected chi connectivity index (χ4v) is 3.36. The lowest BCUT2D eigenvalue weighted by Gasteiger charge is -2.34. The van der Waals surface area contributed by atoms with Crippen LogP contribution in [0.4, 0.5) is 23.3 Å². The monoisotopic (exact) mass is 404 g/mol. The van der Waals surface area contributed by atoms with E-state index >= 15 is 0 Å². The second kappa shape index (κ2) is 9.27. The van der Waals surface area contributed by atoms with E-state index in [1.807, 2.05) is 36.5 Å². The summed E-state index contributed by atoms with van der Waals surface area (Å²) in [6, 6.07) is 11.5. The average molecular weight is 404 g/mol. The lowest BCUT2D eigenvalue weighted by atomic mass is 10.2. The van der Waals surface area contributed by atoms with E-state index in [4.69, 9.17) is 0 Å². The topological polar surface area (TPSA) is 99.2 Å². The molecule has 2 N–H and O–H groups in total. The number of amides is 1. The highest BCUT2D eigenvalue weighted by atomic mass is 16.1. The van der Waals surface area contributed by atoms with Gasteiger partial charge in [0.05, 0.1) is 0 Å². The molecule has 1 saturated heterocycles. The summed E-state index contributed by atoms with van der Waals surface area (Å²) in [4.78, 5) is 33.2. The molecule has 3 aromatic rings. The van der Waals surface area contributed by atoms with Crippen LogP contribution in [0.25, 0.3) is 0 Å². The molecule has 0 aliphatic carbocycles. The molecule has 154 valence electrons. The molecule has 3 heterocycles. The fourth-order valence-electron chi connectivity index (χ4n) is 3.36. The van der Waals surface area contributed by atoms with Crippen LogP contribution in [-0.2, 0) is 11.3 Å². The van der Waals surface area contributed by atoms with Crippen molar-refractivity contribution in [3.05, 3.63) is 60.7 Å². The molecule has 9 nitrogen and oxygen atoms in total. The predicted molar refractivity (Wildman–Crippen MR) is 116 cm³/mol. The van der Waals surface area contributed by atoms with Gasteiger partial charge in [-0.05, 0) is 29.8 Å². The molecule has 1 fully saturated rings. The smallest absolute Gasteiger partial charge is 0.231 e. The first-order chi connectivity index (χ1) is 14.7. The molecule has 1 aliphatic heterocycles. The molecule has 2 aromatic heterocycles. The summed E-state index contributed by atoms with van der Waals surface area (Å²) in [6.45, 7) is 5.94. The molecular formula is C21H24N8O. The Kier molecular flexibility index (Phi) is 6.09. The fraction of sp³-hybridized carbons (Fsp3) is 0.286. The highest BCUT2D eigenvalue weighted by Crippen LogP contribution is 2.19. The van der Waals surface area contributed by atoms with Crippen LogP contribution < -0.4 is 15.5 Å². The summed E-state index contributed by atoms with van der Waals surface area (Å²) in [5.74, 6) is 1.02. The van der Waals surface area contributed by atoms with Crippen LogP contribution in [0.1, 0.15) is 12.5 Å². The van der Waals surface area contributed by atoms with Crippen molar-refractivity contribution < 1.29 is 4.79 Å². The minimum atomic E-state index is -0.114. The van der Waals surface area contributed by atoms with Crippen LogP contribution in [0.5, 0.6) is 0 Å². The number of hydrogen-bond donors (Lipinski definition) is 2. The lowest BCUT2D eigenvalue weighted by Crippen LogP contribution is -2.46. The Morgan fingerprint density at radius 2 is 1.90 bits per heavy atom. The average Bonchev–Trinajstić information content (AvgIpc) is 2.75. The summed E-state index contributed by atoms with van der Waals surface area (Å²) in [7, 11) is 0. The van der Waals surface area contributed by atoms with E-state index in [-0.39, 0.29) is 5.91 Å². The van der Waals surface area contributed by atoms with Gasteiger partial charge in [0.1, 0.15) is 6.33 Å². The zero-order valence-electron chi connectivity index (χ0n) is 16.8. The Labute approximate surface area is 175 Å². The Morgan fingerprint density at radius 1 is 1.07 bits per heavy atom. The third kappa shape index (κ3) is 5.26. The van der Waals surface area contributed by atoms with Crippen LogP contribution in [0.15, 0.2) is 55.1 Å². The molecule has 0 saturated carbocycles. The number of nitrogens with zero attached hydrogens (tertiary/aromatic N) is 6. The first-order valence-electron chi connectivity index (χ1n) is 9.86. The number of rotatable bonds is 6.